The predicted molar refractivity (Wildman–Crippen MR) is 115 cm³/mol. The summed E-state index contributed by atoms with van der Waals surface area (Å²) in [6.45, 7) is 2.17. The lowest BCUT2D eigenvalue weighted by Gasteiger charge is -2.25. The highest BCUT2D eigenvalue weighted by Crippen LogP contribution is 2.54. The number of nitrogens with zero attached hydrogens (tertiary/aromatic N) is 4. The summed E-state index contributed by atoms with van der Waals surface area (Å²) in [4.78, 5) is 20.5. The number of pyridine rings is 2. The van der Waals surface area contributed by atoms with E-state index < -0.39 is 17.6 Å². The summed E-state index contributed by atoms with van der Waals surface area (Å²) in [7, 11) is 1.57. The van der Waals surface area contributed by atoms with E-state index >= 15 is 0 Å². The Labute approximate surface area is 188 Å². The normalized spacial score (nSPS) is 23.4. The van der Waals surface area contributed by atoms with Gasteiger partial charge in [-0.25, -0.2) is 18.7 Å². The number of aromatic nitrogens is 3. The summed E-state index contributed by atoms with van der Waals surface area (Å²) in [6.07, 6.45) is 3.41. The van der Waals surface area contributed by atoms with Crippen molar-refractivity contribution in [2.24, 2.45) is 0 Å². The first-order chi connectivity index (χ1) is 15.8. The second-order valence-corrected chi connectivity index (χ2v) is 8.44. The third-order valence-corrected chi connectivity index (χ3v) is 6.23. The van der Waals surface area contributed by atoms with Gasteiger partial charge in [0.2, 0.25) is 5.91 Å². The van der Waals surface area contributed by atoms with Gasteiger partial charge in [-0.2, -0.15) is 5.26 Å². The standard InChI is InChI=1S/C23H21F2N5O3/c1-13(31)28-21-7-15-16(11-30(18(15)10-27-21)20-8-23(20,24)25)17-5-14(9-26)6-19(29-17)22(32-2)3-4-33-12-22/h5-7,10-11,20H,3-4,8,12H2,1-2H3,(H,27,28,31)/t20-,22-/m1/s1. The lowest BCUT2D eigenvalue weighted by Crippen LogP contribution is -2.30. The second-order valence-electron chi connectivity index (χ2n) is 8.44. The fourth-order valence-electron chi connectivity index (χ4n) is 4.34. The highest BCUT2D eigenvalue weighted by atomic mass is 19.3. The minimum Gasteiger partial charge on any atom is -0.378 e. The molecule has 170 valence electrons. The maximum atomic E-state index is 14.0. The number of amides is 1. The zero-order valence-electron chi connectivity index (χ0n) is 18.1. The zero-order valence-corrected chi connectivity index (χ0v) is 18.1. The predicted octanol–water partition coefficient (Wildman–Crippen LogP) is 3.77. The Balaban J connectivity index is 1.71. The number of carbonyl (C=O) groups is 1. The van der Waals surface area contributed by atoms with Crippen LogP contribution in [0.2, 0.25) is 0 Å². The second kappa shape index (κ2) is 7.57. The monoisotopic (exact) mass is 453 g/mol. The number of alkyl halides is 2. The van der Waals surface area contributed by atoms with E-state index in [9.17, 15) is 18.8 Å². The Bertz CT molecular complexity index is 1310. The number of rotatable bonds is 5. The van der Waals surface area contributed by atoms with Crippen LogP contribution >= 0.6 is 0 Å². The average molecular weight is 453 g/mol. The summed E-state index contributed by atoms with van der Waals surface area (Å²) in [5.41, 5.74) is 1.63. The number of nitrogens with one attached hydrogen (secondary N) is 1. The molecule has 3 aromatic rings. The van der Waals surface area contributed by atoms with E-state index in [1.165, 1.54) is 17.7 Å². The van der Waals surface area contributed by atoms with Crippen LogP contribution in [0.1, 0.15) is 37.1 Å². The van der Waals surface area contributed by atoms with Crippen molar-refractivity contribution in [1.82, 2.24) is 14.5 Å². The fraction of sp³-hybridized carbons (Fsp3) is 0.391. The first-order valence-electron chi connectivity index (χ1n) is 10.5. The van der Waals surface area contributed by atoms with Crippen molar-refractivity contribution in [3.05, 3.63) is 41.9 Å². The molecule has 1 saturated carbocycles. The molecule has 10 heteroatoms. The number of anilines is 1. The van der Waals surface area contributed by atoms with Gasteiger partial charge >= 0.3 is 0 Å². The number of carbonyl (C=O) groups excluding carboxylic acids is 1. The number of hydrogen-bond acceptors (Lipinski definition) is 6. The maximum Gasteiger partial charge on any atom is 0.270 e. The van der Waals surface area contributed by atoms with Gasteiger partial charge in [0, 0.05) is 50.6 Å². The highest BCUT2D eigenvalue weighted by molar-refractivity contribution is 5.98. The van der Waals surface area contributed by atoms with Gasteiger partial charge in [-0.15, -0.1) is 0 Å². The molecule has 4 heterocycles. The van der Waals surface area contributed by atoms with Crippen molar-refractivity contribution < 1.29 is 23.0 Å². The molecule has 0 unspecified atom stereocenters. The van der Waals surface area contributed by atoms with Gasteiger partial charge in [0.05, 0.1) is 41.3 Å². The van der Waals surface area contributed by atoms with Crippen LogP contribution in [-0.2, 0) is 19.9 Å². The molecule has 3 aromatic heterocycles. The van der Waals surface area contributed by atoms with Gasteiger partial charge in [-0.1, -0.05) is 0 Å². The molecule has 1 aliphatic heterocycles. The molecule has 2 aliphatic rings. The third-order valence-electron chi connectivity index (χ3n) is 6.23. The molecule has 0 aromatic carbocycles. The minimum atomic E-state index is -2.80. The molecule has 1 amide bonds. The Morgan fingerprint density at radius 2 is 2.18 bits per heavy atom. The Kier molecular flexibility index (Phi) is 4.92. The Hall–Kier alpha value is -3.42. The summed E-state index contributed by atoms with van der Waals surface area (Å²) in [6, 6.07) is 6.09. The average Bonchev–Trinajstić information content (AvgIpc) is 3.14. The number of hydrogen-bond donors (Lipinski definition) is 1. The summed E-state index contributed by atoms with van der Waals surface area (Å²) in [5.74, 6) is -2.80. The van der Waals surface area contributed by atoms with Gasteiger partial charge in [0.25, 0.3) is 5.92 Å². The molecule has 1 N–H and O–H groups in total. The number of halogens is 2. The van der Waals surface area contributed by atoms with E-state index in [0.717, 1.165) is 0 Å². The number of ether oxygens (including phenoxy) is 2. The molecule has 0 bridgehead atoms. The van der Waals surface area contributed by atoms with Crippen molar-refractivity contribution >= 4 is 22.6 Å². The lowest BCUT2D eigenvalue weighted by atomic mass is 9.95. The van der Waals surface area contributed by atoms with E-state index in [1.54, 1.807) is 31.5 Å². The van der Waals surface area contributed by atoms with E-state index in [2.05, 4.69) is 16.4 Å². The van der Waals surface area contributed by atoms with E-state index in [1.807, 2.05) is 0 Å². The number of fused-ring (bicyclic) bond motifs is 1. The molecule has 2 fully saturated rings. The topological polar surface area (TPSA) is 102 Å². The SMILES string of the molecule is CO[C@]1(c2cc(C#N)cc(-c3cn([C@@H]4CC4(F)F)c4cnc(NC(C)=O)cc34)n2)CCOC1. The first-order valence-corrected chi connectivity index (χ1v) is 10.5. The van der Waals surface area contributed by atoms with Crippen LogP contribution in [0.25, 0.3) is 22.2 Å². The largest absolute Gasteiger partial charge is 0.378 e. The molecule has 5 rings (SSSR count). The smallest absolute Gasteiger partial charge is 0.270 e. The van der Waals surface area contributed by atoms with Crippen LogP contribution in [0, 0.1) is 11.3 Å². The molecule has 8 nitrogen and oxygen atoms in total. The number of methoxy groups -OCH3 is 1. The van der Waals surface area contributed by atoms with Crippen LogP contribution in [-0.4, -0.2) is 46.7 Å². The lowest BCUT2D eigenvalue weighted by molar-refractivity contribution is -0.114. The quantitative estimate of drug-likeness (QED) is 0.631. The summed E-state index contributed by atoms with van der Waals surface area (Å²) < 4.78 is 40.7. The zero-order chi connectivity index (χ0) is 23.4. The molecule has 2 atom stereocenters. The summed E-state index contributed by atoms with van der Waals surface area (Å²) >= 11 is 0. The van der Waals surface area contributed by atoms with Crippen LogP contribution in [0.5, 0.6) is 0 Å². The van der Waals surface area contributed by atoms with Gasteiger partial charge < -0.3 is 19.4 Å². The fourth-order valence-corrected chi connectivity index (χ4v) is 4.34. The van der Waals surface area contributed by atoms with Crippen LogP contribution in [0.3, 0.4) is 0 Å². The Morgan fingerprint density at radius 3 is 2.79 bits per heavy atom. The minimum absolute atomic E-state index is 0.259. The van der Waals surface area contributed by atoms with Gasteiger partial charge in [-0.3, -0.25) is 4.79 Å². The van der Waals surface area contributed by atoms with Crippen LogP contribution < -0.4 is 5.32 Å². The van der Waals surface area contributed by atoms with Crippen molar-refractivity contribution in [3.63, 3.8) is 0 Å². The number of nitriles is 1. The molecular weight excluding hydrogens is 432 g/mol. The van der Waals surface area contributed by atoms with Crippen molar-refractivity contribution in [2.45, 2.75) is 37.3 Å². The van der Waals surface area contributed by atoms with Gasteiger partial charge in [-0.05, 0) is 18.2 Å². The molecule has 1 aliphatic carbocycles. The van der Waals surface area contributed by atoms with Crippen LogP contribution in [0.15, 0.2) is 30.6 Å². The van der Waals surface area contributed by atoms with Crippen molar-refractivity contribution in [3.8, 4) is 17.3 Å². The maximum absolute atomic E-state index is 14.0. The molecule has 33 heavy (non-hydrogen) atoms. The third kappa shape index (κ3) is 3.63. The van der Waals surface area contributed by atoms with E-state index in [4.69, 9.17) is 14.5 Å². The van der Waals surface area contributed by atoms with Crippen molar-refractivity contribution in [1.29, 1.82) is 5.26 Å². The van der Waals surface area contributed by atoms with Gasteiger partial charge in [0.1, 0.15) is 17.5 Å². The van der Waals surface area contributed by atoms with E-state index in [-0.39, 0.29) is 12.3 Å². The summed E-state index contributed by atoms with van der Waals surface area (Å²) in [5, 5.41) is 12.9. The highest BCUT2D eigenvalue weighted by Gasteiger charge is 2.58. The Morgan fingerprint density at radius 1 is 1.39 bits per heavy atom. The molecule has 0 spiro atoms. The van der Waals surface area contributed by atoms with Gasteiger partial charge in [0.15, 0.2) is 0 Å². The van der Waals surface area contributed by atoms with Crippen LogP contribution in [0.4, 0.5) is 14.6 Å². The first kappa shape index (κ1) is 21.4. The van der Waals surface area contributed by atoms with E-state index in [0.29, 0.717) is 58.9 Å². The molecule has 0 radical (unpaired) electrons. The molecule has 1 saturated heterocycles. The molecular formula is C23H21F2N5O3. The van der Waals surface area contributed by atoms with Crippen molar-refractivity contribution in [2.75, 3.05) is 25.6 Å².